The summed E-state index contributed by atoms with van der Waals surface area (Å²) in [4.78, 5) is 1.03. The molecule has 1 aromatic carbocycles. The molecule has 1 rings (SSSR count). The van der Waals surface area contributed by atoms with Gasteiger partial charge in [-0.3, -0.25) is 0 Å². The molecular formula is C12H19NS. The topological polar surface area (TPSA) is 12.0 Å². The molecule has 0 fully saturated rings. The first-order chi connectivity index (χ1) is 6.58. The quantitative estimate of drug-likeness (QED) is 0.727. The van der Waals surface area contributed by atoms with Gasteiger partial charge in [-0.25, -0.2) is 0 Å². The molecule has 1 unspecified atom stereocenters. The second-order valence-corrected chi connectivity index (χ2v) is 4.61. The first kappa shape index (κ1) is 11.6. The van der Waals surface area contributed by atoms with E-state index >= 15 is 0 Å². The van der Waals surface area contributed by atoms with Crippen molar-refractivity contribution in [2.45, 2.75) is 44.2 Å². The second kappa shape index (κ2) is 5.42. The molecule has 14 heavy (non-hydrogen) atoms. The molecule has 1 aromatic rings. The normalized spacial score (nSPS) is 13.2. The van der Waals surface area contributed by atoms with Crippen LogP contribution in [0, 0.1) is 0 Å². The minimum atomic E-state index is 0.528. The van der Waals surface area contributed by atoms with Crippen LogP contribution in [0.5, 0.6) is 0 Å². The van der Waals surface area contributed by atoms with Crippen molar-refractivity contribution in [2.24, 2.45) is 0 Å². The molecule has 0 amide bonds. The maximum absolute atomic E-state index is 4.26. The van der Waals surface area contributed by atoms with Crippen molar-refractivity contribution in [3.8, 4) is 0 Å². The van der Waals surface area contributed by atoms with Gasteiger partial charge in [0, 0.05) is 17.0 Å². The predicted octanol–water partition coefficient (Wildman–Crippen LogP) is 2.90. The zero-order valence-electron chi connectivity index (χ0n) is 9.12. The van der Waals surface area contributed by atoms with E-state index in [9.17, 15) is 0 Å². The van der Waals surface area contributed by atoms with Crippen molar-refractivity contribution in [1.82, 2.24) is 5.32 Å². The Kier molecular flexibility index (Phi) is 4.49. The summed E-state index contributed by atoms with van der Waals surface area (Å²) < 4.78 is 0. The Morgan fingerprint density at radius 2 is 1.71 bits per heavy atom. The predicted molar refractivity (Wildman–Crippen MR) is 65.1 cm³/mol. The number of hydrogen-bond donors (Lipinski definition) is 2. The summed E-state index contributed by atoms with van der Waals surface area (Å²) >= 11 is 4.26. The molecule has 0 saturated heterocycles. The SMILES string of the molecule is CC(C)NC(C)Cc1ccc(S)cc1. The van der Waals surface area contributed by atoms with Crippen molar-refractivity contribution in [3.63, 3.8) is 0 Å². The number of rotatable bonds is 4. The van der Waals surface area contributed by atoms with E-state index in [4.69, 9.17) is 0 Å². The molecule has 0 aliphatic heterocycles. The van der Waals surface area contributed by atoms with Gasteiger partial charge in [0.15, 0.2) is 0 Å². The number of nitrogens with one attached hydrogen (secondary N) is 1. The lowest BCUT2D eigenvalue weighted by molar-refractivity contribution is 0.487. The largest absolute Gasteiger partial charge is 0.312 e. The molecule has 0 aromatic heterocycles. The van der Waals surface area contributed by atoms with Crippen molar-refractivity contribution in [2.75, 3.05) is 0 Å². The Labute approximate surface area is 92.3 Å². The van der Waals surface area contributed by atoms with E-state index in [1.165, 1.54) is 5.56 Å². The van der Waals surface area contributed by atoms with Crippen LogP contribution >= 0.6 is 12.6 Å². The Morgan fingerprint density at radius 1 is 1.14 bits per heavy atom. The highest BCUT2D eigenvalue weighted by Gasteiger charge is 2.04. The number of hydrogen-bond acceptors (Lipinski definition) is 2. The van der Waals surface area contributed by atoms with Crippen LogP contribution < -0.4 is 5.32 Å². The highest BCUT2D eigenvalue weighted by molar-refractivity contribution is 7.80. The van der Waals surface area contributed by atoms with Crippen molar-refractivity contribution in [1.29, 1.82) is 0 Å². The maximum Gasteiger partial charge on any atom is 0.00815 e. The van der Waals surface area contributed by atoms with Crippen molar-refractivity contribution >= 4 is 12.6 Å². The fourth-order valence-corrected chi connectivity index (χ4v) is 1.76. The average molecular weight is 209 g/mol. The van der Waals surface area contributed by atoms with Crippen LogP contribution in [0.1, 0.15) is 26.3 Å². The molecule has 0 aliphatic carbocycles. The molecule has 0 spiro atoms. The molecule has 0 aliphatic rings. The lowest BCUT2D eigenvalue weighted by Gasteiger charge is -2.16. The summed E-state index contributed by atoms with van der Waals surface area (Å²) in [6, 6.07) is 9.44. The van der Waals surface area contributed by atoms with Gasteiger partial charge in [0.05, 0.1) is 0 Å². The van der Waals surface area contributed by atoms with Gasteiger partial charge in [0.25, 0.3) is 0 Å². The zero-order chi connectivity index (χ0) is 10.6. The Morgan fingerprint density at radius 3 is 2.21 bits per heavy atom. The van der Waals surface area contributed by atoms with Crippen LogP contribution in [0.25, 0.3) is 0 Å². The fourth-order valence-electron chi connectivity index (χ4n) is 1.61. The highest BCUT2D eigenvalue weighted by atomic mass is 32.1. The molecule has 0 saturated carbocycles. The lowest BCUT2D eigenvalue weighted by Crippen LogP contribution is -2.33. The van der Waals surface area contributed by atoms with E-state index < -0.39 is 0 Å². The first-order valence-electron chi connectivity index (χ1n) is 5.12. The second-order valence-electron chi connectivity index (χ2n) is 4.09. The molecule has 1 nitrogen and oxygen atoms in total. The zero-order valence-corrected chi connectivity index (χ0v) is 10.0. The minimum absolute atomic E-state index is 0.528. The summed E-state index contributed by atoms with van der Waals surface area (Å²) in [5.74, 6) is 0. The third-order valence-electron chi connectivity index (χ3n) is 2.10. The summed E-state index contributed by atoms with van der Waals surface area (Å²) in [6.07, 6.45) is 1.08. The molecule has 1 atom stereocenters. The van der Waals surface area contributed by atoms with Crippen LogP contribution in [0.3, 0.4) is 0 Å². The third-order valence-corrected chi connectivity index (χ3v) is 2.39. The summed E-state index contributed by atoms with van der Waals surface area (Å²) in [5, 5.41) is 3.49. The third kappa shape index (κ3) is 4.16. The van der Waals surface area contributed by atoms with Crippen molar-refractivity contribution in [3.05, 3.63) is 29.8 Å². The van der Waals surface area contributed by atoms with Gasteiger partial charge in [-0.1, -0.05) is 26.0 Å². The smallest absolute Gasteiger partial charge is 0.00815 e. The van der Waals surface area contributed by atoms with Crippen molar-refractivity contribution < 1.29 is 0 Å². The Hall–Kier alpha value is -0.470. The van der Waals surface area contributed by atoms with Gasteiger partial charge in [-0.05, 0) is 31.0 Å². The van der Waals surface area contributed by atoms with E-state index in [1.54, 1.807) is 0 Å². The van der Waals surface area contributed by atoms with E-state index in [0.29, 0.717) is 12.1 Å². The summed E-state index contributed by atoms with van der Waals surface area (Å²) in [7, 11) is 0. The fraction of sp³-hybridized carbons (Fsp3) is 0.500. The van der Waals surface area contributed by atoms with E-state index in [-0.39, 0.29) is 0 Å². The van der Waals surface area contributed by atoms with Gasteiger partial charge < -0.3 is 5.32 Å². The molecule has 0 bridgehead atoms. The van der Waals surface area contributed by atoms with E-state index in [1.807, 2.05) is 12.1 Å². The van der Waals surface area contributed by atoms with E-state index in [0.717, 1.165) is 11.3 Å². The molecule has 1 N–H and O–H groups in total. The summed E-state index contributed by atoms with van der Waals surface area (Å²) in [6.45, 7) is 6.56. The number of benzene rings is 1. The van der Waals surface area contributed by atoms with E-state index in [2.05, 4.69) is 50.8 Å². The van der Waals surface area contributed by atoms with Crippen LogP contribution in [0.15, 0.2) is 29.2 Å². The molecule has 0 heterocycles. The Balaban J connectivity index is 2.47. The summed E-state index contributed by atoms with van der Waals surface area (Å²) in [5.41, 5.74) is 1.36. The van der Waals surface area contributed by atoms with Crippen LogP contribution in [0.2, 0.25) is 0 Å². The highest BCUT2D eigenvalue weighted by Crippen LogP contribution is 2.09. The number of thiol groups is 1. The minimum Gasteiger partial charge on any atom is -0.312 e. The molecule has 0 radical (unpaired) electrons. The standard InChI is InChI=1S/C12H19NS/c1-9(2)13-10(3)8-11-4-6-12(14)7-5-11/h4-7,9-10,13-14H,8H2,1-3H3. The molecule has 78 valence electrons. The van der Waals surface area contributed by atoms with Gasteiger partial charge in [-0.2, -0.15) is 0 Å². The van der Waals surface area contributed by atoms with Gasteiger partial charge in [0.2, 0.25) is 0 Å². The molecular weight excluding hydrogens is 190 g/mol. The van der Waals surface area contributed by atoms with Crippen LogP contribution in [-0.2, 0) is 6.42 Å². The van der Waals surface area contributed by atoms with Gasteiger partial charge >= 0.3 is 0 Å². The Bertz CT molecular complexity index is 266. The van der Waals surface area contributed by atoms with Crippen LogP contribution in [-0.4, -0.2) is 12.1 Å². The molecule has 2 heteroatoms. The first-order valence-corrected chi connectivity index (χ1v) is 5.56. The van der Waals surface area contributed by atoms with Gasteiger partial charge in [-0.15, -0.1) is 12.6 Å². The van der Waals surface area contributed by atoms with Crippen LogP contribution in [0.4, 0.5) is 0 Å². The average Bonchev–Trinajstić information content (AvgIpc) is 2.07. The van der Waals surface area contributed by atoms with Gasteiger partial charge in [0.1, 0.15) is 0 Å². The lowest BCUT2D eigenvalue weighted by atomic mass is 10.1. The monoisotopic (exact) mass is 209 g/mol. The maximum atomic E-state index is 4.26.